The predicted molar refractivity (Wildman–Crippen MR) is 127 cm³/mol. The topological polar surface area (TPSA) is 53.5 Å². The SMILES string of the molecule is Cc1ccc(C(=O)N2CCC(c3ccccc3)CC2)cc1N(C)C(=O)c1ccc(Cl)nc1. The van der Waals surface area contributed by atoms with Crippen LogP contribution < -0.4 is 4.90 Å². The van der Waals surface area contributed by atoms with Crippen molar-refractivity contribution < 1.29 is 9.59 Å². The number of carbonyl (C=O) groups is 2. The summed E-state index contributed by atoms with van der Waals surface area (Å²) >= 11 is 5.83. The molecule has 1 aromatic heterocycles. The van der Waals surface area contributed by atoms with Gasteiger partial charge in [-0.25, -0.2) is 4.98 Å². The van der Waals surface area contributed by atoms with Crippen molar-refractivity contribution in [2.75, 3.05) is 25.0 Å². The van der Waals surface area contributed by atoms with Gasteiger partial charge in [0.15, 0.2) is 0 Å². The lowest BCUT2D eigenvalue weighted by Crippen LogP contribution is -2.38. The van der Waals surface area contributed by atoms with Gasteiger partial charge in [0.05, 0.1) is 5.56 Å². The lowest BCUT2D eigenvalue weighted by atomic mass is 9.89. The molecular weight excluding hydrogens is 422 g/mol. The Morgan fingerprint density at radius 3 is 2.34 bits per heavy atom. The number of rotatable bonds is 4. The third kappa shape index (κ3) is 4.68. The standard InChI is InChI=1S/C26H26ClN3O2/c1-18-8-9-21(16-23(18)29(2)25(31)22-10-11-24(27)28-17-22)26(32)30-14-12-20(13-15-30)19-6-4-3-5-7-19/h3-11,16-17,20H,12-15H2,1-2H3. The number of amides is 2. The summed E-state index contributed by atoms with van der Waals surface area (Å²) in [7, 11) is 1.71. The number of carbonyl (C=O) groups excluding carboxylic acids is 2. The average molecular weight is 448 g/mol. The highest BCUT2D eigenvalue weighted by Gasteiger charge is 2.25. The zero-order valence-electron chi connectivity index (χ0n) is 18.3. The van der Waals surface area contributed by atoms with Gasteiger partial charge in [-0.1, -0.05) is 48.0 Å². The van der Waals surface area contributed by atoms with E-state index in [1.54, 1.807) is 24.1 Å². The average Bonchev–Trinajstić information content (AvgIpc) is 2.84. The van der Waals surface area contributed by atoms with E-state index in [-0.39, 0.29) is 11.8 Å². The molecule has 2 heterocycles. The van der Waals surface area contributed by atoms with Gasteiger partial charge in [-0.3, -0.25) is 9.59 Å². The molecule has 32 heavy (non-hydrogen) atoms. The molecule has 1 aliphatic heterocycles. The summed E-state index contributed by atoms with van der Waals surface area (Å²) in [5.41, 5.74) is 4.00. The highest BCUT2D eigenvalue weighted by Crippen LogP contribution is 2.29. The molecule has 6 heteroatoms. The fourth-order valence-electron chi connectivity index (χ4n) is 4.23. The lowest BCUT2D eigenvalue weighted by molar-refractivity contribution is 0.0712. The number of aryl methyl sites for hydroxylation is 1. The van der Waals surface area contributed by atoms with Crippen LogP contribution in [-0.2, 0) is 0 Å². The first-order chi connectivity index (χ1) is 15.4. The van der Waals surface area contributed by atoms with Gasteiger partial charge in [-0.15, -0.1) is 0 Å². The number of hydrogen-bond acceptors (Lipinski definition) is 3. The highest BCUT2D eigenvalue weighted by atomic mass is 35.5. The van der Waals surface area contributed by atoms with Gasteiger partial charge < -0.3 is 9.80 Å². The van der Waals surface area contributed by atoms with Gasteiger partial charge in [0.2, 0.25) is 0 Å². The van der Waals surface area contributed by atoms with Crippen molar-refractivity contribution in [1.82, 2.24) is 9.88 Å². The molecule has 2 aromatic carbocycles. The van der Waals surface area contributed by atoms with E-state index < -0.39 is 0 Å². The van der Waals surface area contributed by atoms with Crippen molar-refractivity contribution in [2.24, 2.45) is 0 Å². The van der Waals surface area contributed by atoms with Crippen LogP contribution in [0.5, 0.6) is 0 Å². The van der Waals surface area contributed by atoms with Gasteiger partial charge in [0, 0.05) is 37.6 Å². The van der Waals surface area contributed by atoms with Crippen molar-refractivity contribution in [1.29, 1.82) is 0 Å². The van der Waals surface area contributed by atoms with Crippen LogP contribution in [-0.4, -0.2) is 41.8 Å². The van der Waals surface area contributed by atoms with E-state index in [9.17, 15) is 9.59 Å². The Morgan fingerprint density at radius 2 is 1.69 bits per heavy atom. The Labute approximate surface area is 193 Å². The molecule has 164 valence electrons. The molecule has 0 spiro atoms. The second-order valence-corrected chi connectivity index (χ2v) is 8.60. The maximum Gasteiger partial charge on any atom is 0.259 e. The van der Waals surface area contributed by atoms with Crippen LogP contribution in [0.2, 0.25) is 5.15 Å². The van der Waals surface area contributed by atoms with Crippen LogP contribution in [0.4, 0.5) is 5.69 Å². The Morgan fingerprint density at radius 1 is 1.00 bits per heavy atom. The summed E-state index contributed by atoms with van der Waals surface area (Å²) in [6.07, 6.45) is 3.37. The van der Waals surface area contributed by atoms with Crippen LogP contribution in [0.15, 0.2) is 66.9 Å². The van der Waals surface area contributed by atoms with Crippen molar-refractivity contribution in [3.05, 3.63) is 94.3 Å². The smallest absolute Gasteiger partial charge is 0.259 e. The normalized spacial score (nSPS) is 14.3. The molecule has 2 amide bonds. The molecule has 0 N–H and O–H groups in total. The molecule has 3 aromatic rings. The Balaban J connectivity index is 1.48. The molecule has 5 nitrogen and oxygen atoms in total. The van der Waals surface area contributed by atoms with E-state index in [2.05, 4.69) is 29.2 Å². The van der Waals surface area contributed by atoms with Crippen molar-refractivity contribution in [3.8, 4) is 0 Å². The third-order valence-corrected chi connectivity index (χ3v) is 6.37. The molecule has 1 saturated heterocycles. The molecule has 1 aliphatic rings. The van der Waals surface area contributed by atoms with Crippen LogP contribution in [0.3, 0.4) is 0 Å². The number of halogens is 1. The first-order valence-corrected chi connectivity index (χ1v) is 11.2. The minimum absolute atomic E-state index is 0.00627. The molecule has 0 saturated carbocycles. The van der Waals surface area contributed by atoms with Crippen molar-refractivity contribution in [3.63, 3.8) is 0 Å². The van der Waals surface area contributed by atoms with Crippen LogP contribution in [0.25, 0.3) is 0 Å². The number of benzene rings is 2. The van der Waals surface area contributed by atoms with Gasteiger partial charge in [0.25, 0.3) is 11.8 Å². The minimum Gasteiger partial charge on any atom is -0.339 e. The maximum absolute atomic E-state index is 13.2. The molecule has 0 unspecified atom stereocenters. The van der Waals surface area contributed by atoms with Crippen molar-refractivity contribution >= 4 is 29.1 Å². The maximum atomic E-state index is 13.2. The first kappa shape index (κ1) is 22.0. The molecule has 4 rings (SSSR count). The van der Waals surface area contributed by atoms with Gasteiger partial charge in [-0.05, 0) is 61.1 Å². The monoisotopic (exact) mass is 447 g/mol. The van der Waals surface area contributed by atoms with E-state index in [4.69, 9.17) is 11.6 Å². The molecule has 0 radical (unpaired) electrons. The van der Waals surface area contributed by atoms with Gasteiger partial charge in [0.1, 0.15) is 5.15 Å². The molecule has 0 aliphatic carbocycles. The van der Waals surface area contributed by atoms with Crippen LogP contribution in [0.1, 0.15) is 50.6 Å². The number of hydrogen-bond donors (Lipinski definition) is 0. The predicted octanol–water partition coefficient (Wildman–Crippen LogP) is 5.34. The highest BCUT2D eigenvalue weighted by molar-refractivity contribution is 6.29. The second-order valence-electron chi connectivity index (χ2n) is 8.21. The minimum atomic E-state index is -0.203. The summed E-state index contributed by atoms with van der Waals surface area (Å²) < 4.78 is 0. The number of anilines is 1. The summed E-state index contributed by atoms with van der Waals surface area (Å²) in [6, 6.07) is 19.3. The molecule has 0 bridgehead atoms. The Hall–Kier alpha value is -3.18. The zero-order chi connectivity index (χ0) is 22.7. The molecular formula is C26H26ClN3O2. The largest absolute Gasteiger partial charge is 0.339 e. The summed E-state index contributed by atoms with van der Waals surface area (Å²) in [6.45, 7) is 3.39. The van der Waals surface area contributed by atoms with E-state index in [0.717, 1.165) is 31.5 Å². The second kappa shape index (κ2) is 9.53. The molecule has 0 atom stereocenters. The Kier molecular flexibility index (Phi) is 6.56. The fraction of sp³-hybridized carbons (Fsp3) is 0.269. The summed E-state index contributed by atoms with van der Waals surface area (Å²) in [5.74, 6) is 0.294. The van der Waals surface area contributed by atoms with Gasteiger partial charge >= 0.3 is 0 Å². The van der Waals surface area contributed by atoms with E-state index in [1.165, 1.54) is 11.8 Å². The van der Waals surface area contributed by atoms with E-state index in [1.807, 2.05) is 36.1 Å². The molecule has 1 fully saturated rings. The number of aromatic nitrogens is 1. The van der Waals surface area contributed by atoms with E-state index in [0.29, 0.717) is 27.9 Å². The summed E-state index contributed by atoms with van der Waals surface area (Å²) in [5, 5.41) is 0.337. The van der Waals surface area contributed by atoms with E-state index >= 15 is 0 Å². The zero-order valence-corrected chi connectivity index (χ0v) is 19.0. The fourth-order valence-corrected chi connectivity index (χ4v) is 4.34. The first-order valence-electron chi connectivity index (χ1n) is 10.8. The number of pyridine rings is 1. The third-order valence-electron chi connectivity index (χ3n) is 6.15. The number of likely N-dealkylation sites (tertiary alicyclic amines) is 1. The quantitative estimate of drug-likeness (QED) is 0.507. The number of piperidine rings is 1. The summed E-state index contributed by atoms with van der Waals surface area (Å²) in [4.78, 5) is 33.6. The van der Waals surface area contributed by atoms with Crippen LogP contribution in [0, 0.1) is 6.92 Å². The Bertz CT molecular complexity index is 1110. The number of nitrogens with zero attached hydrogens (tertiary/aromatic N) is 3. The lowest BCUT2D eigenvalue weighted by Gasteiger charge is -2.32. The van der Waals surface area contributed by atoms with Crippen LogP contribution >= 0.6 is 11.6 Å². The van der Waals surface area contributed by atoms with Crippen molar-refractivity contribution in [2.45, 2.75) is 25.7 Å². The van der Waals surface area contributed by atoms with Gasteiger partial charge in [-0.2, -0.15) is 0 Å².